The maximum Gasteiger partial charge on any atom is 0.254 e. The fraction of sp³-hybridized carbons (Fsp3) is 0.286. The molecule has 2 aliphatic heterocycles. The summed E-state index contributed by atoms with van der Waals surface area (Å²) in [4.78, 5) is 27.8. The van der Waals surface area contributed by atoms with Crippen molar-refractivity contribution in [2.45, 2.75) is 25.2 Å². The van der Waals surface area contributed by atoms with Crippen LogP contribution in [-0.4, -0.2) is 36.3 Å². The number of hydrogen-bond donors (Lipinski definition) is 1. The lowest BCUT2D eigenvalue weighted by Crippen LogP contribution is -2.53. The molecule has 0 radical (unpaired) electrons. The van der Waals surface area contributed by atoms with Crippen molar-refractivity contribution in [2.24, 2.45) is 5.41 Å². The van der Waals surface area contributed by atoms with E-state index in [1.54, 1.807) is 12.1 Å². The van der Waals surface area contributed by atoms with Gasteiger partial charge in [0, 0.05) is 37.5 Å². The van der Waals surface area contributed by atoms with Crippen molar-refractivity contribution in [3.63, 3.8) is 0 Å². The van der Waals surface area contributed by atoms with Crippen LogP contribution in [0.1, 0.15) is 41.1 Å². The van der Waals surface area contributed by atoms with Gasteiger partial charge in [0.05, 0.1) is 0 Å². The molecule has 2 heterocycles. The zero-order valence-corrected chi connectivity index (χ0v) is 18.5. The molecule has 2 aliphatic rings. The molecule has 3 aromatic rings. The number of benzene rings is 3. The van der Waals surface area contributed by atoms with Crippen LogP contribution in [0.3, 0.4) is 0 Å². The highest BCUT2D eigenvalue weighted by Crippen LogP contribution is 2.49. The molecule has 1 spiro atoms. The molecule has 2 amide bonds. The first-order valence-electron chi connectivity index (χ1n) is 11.5. The van der Waals surface area contributed by atoms with Crippen molar-refractivity contribution in [1.82, 2.24) is 10.2 Å². The molecule has 5 heteroatoms. The largest absolute Gasteiger partial charge is 0.355 e. The molecule has 1 N–H and O–H groups in total. The molecule has 3 aromatic carbocycles. The summed E-state index contributed by atoms with van der Waals surface area (Å²) in [6, 6.07) is 24.4. The molecule has 2 fully saturated rings. The van der Waals surface area contributed by atoms with Gasteiger partial charge in [-0.3, -0.25) is 9.59 Å². The van der Waals surface area contributed by atoms with Gasteiger partial charge in [-0.15, -0.1) is 0 Å². The molecule has 0 aromatic heterocycles. The molecule has 33 heavy (non-hydrogen) atoms. The molecule has 168 valence electrons. The van der Waals surface area contributed by atoms with Gasteiger partial charge < -0.3 is 10.2 Å². The number of rotatable bonds is 3. The van der Waals surface area contributed by atoms with Gasteiger partial charge in [-0.25, -0.2) is 4.39 Å². The summed E-state index contributed by atoms with van der Waals surface area (Å²) in [5.41, 5.74) is 3.31. The summed E-state index contributed by atoms with van der Waals surface area (Å²) in [5.74, 6) is -0.159. The number of carbonyl (C=O) groups is 2. The van der Waals surface area contributed by atoms with E-state index in [1.165, 1.54) is 6.07 Å². The monoisotopic (exact) mass is 442 g/mol. The number of carbonyl (C=O) groups excluding carboxylic acids is 2. The van der Waals surface area contributed by atoms with Crippen LogP contribution in [0.25, 0.3) is 11.1 Å². The van der Waals surface area contributed by atoms with Crippen LogP contribution in [-0.2, 0) is 4.79 Å². The third-order valence-corrected chi connectivity index (χ3v) is 7.29. The number of nitrogens with zero attached hydrogens (tertiary/aromatic N) is 1. The Morgan fingerprint density at radius 2 is 1.67 bits per heavy atom. The Hall–Kier alpha value is -3.47. The Balaban J connectivity index is 1.38. The molecule has 0 saturated carbocycles. The quantitative estimate of drug-likeness (QED) is 0.619. The number of halogens is 1. The van der Waals surface area contributed by atoms with E-state index in [0.717, 1.165) is 29.5 Å². The average molecular weight is 443 g/mol. The van der Waals surface area contributed by atoms with Crippen molar-refractivity contribution in [1.29, 1.82) is 0 Å². The maximum absolute atomic E-state index is 13.9. The Morgan fingerprint density at radius 3 is 2.42 bits per heavy atom. The van der Waals surface area contributed by atoms with Gasteiger partial charge in [0.1, 0.15) is 5.82 Å². The van der Waals surface area contributed by atoms with E-state index in [0.29, 0.717) is 31.6 Å². The Kier molecular flexibility index (Phi) is 5.71. The first-order valence-corrected chi connectivity index (χ1v) is 11.5. The van der Waals surface area contributed by atoms with Gasteiger partial charge in [-0.05, 0) is 53.1 Å². The molecule has 2 saturated heterocycles. The first kappa shape index (κ1) is 21.4. The molecule has 1 unspecified atom stereocenters. The Bertz CT molecular complexity index is 1170. The molecule has 5 rings (SSSR count). The minimum absolute atomic E-state index is 0.0202. The Morgan fingerprint density at radius 1 is 0.939 bits per heavy atom. The van der Waals surface area contributed by atoms with Gasteiger partial charge in [-0.2, -0.15) is 0 Å². The SMILES string of the molecule is O=C1CC2(CCN(C(=O)c3ccccc3-c3ccccc3)CC2)C(c2cccc(F)c2)CN1. The van der Waals surface area contributed by atoms with E-state index in [9.17, 15) is 14.0 Å². The number of amides is 2. The van der Waals surface area contributed by atoms with Gasteiger partial charge in [0.25, 0.3) is 5.91 Å². The van der Waals surface area contributed by atoms with Crippen LogP contribution < -0.4 is 5.32 Å². The van der Waals surface area contributed by atoms with E-state index >= 15 is 0 Å². The minimum Gasteiger partial charge on any atom is -0.355 e. The van der Waals surface area contributed by atoms with E-state index in [1.807, 2.05) is 65.6 Å². The summed E-state index contributed by atoms with van der Waals surface area (Å²) < 4.78 is 13.9. The van der Waals surface area contributed by atoms with E-state index in [-0.39, 0.29) is 29.0 Å². The number of piperidine rings is 2. The lowest BCUT2D eigenvalue weighted by Gasteiger charge is -2.49. The van der Waals surface area contributed by atoms with Gasteiger partial charge >= 0.3 is 0 Å². The fourth-order valence-electron chi connectivity index (χ4n) is 5.52. The second kappa shape index (κ2) is 8.81. The molecular weight excluding hydrogens is 415 g/mol. The summed E-state index contributed by atoms with van der Waals surface area (Å²) in [7, 11) is 0. The third-order valence-electron chi connectivity index (χ3n) is 7.29. The van der Waals surface area contributed by atoms with E-state index in [4.69, 9.17) is 0 Å². The number of nitrogens with one attached hydrogen (secondary N) is 1. The van der Waals surface area contributed by atoms with Gasteiger partial charge in [0.15, 0.2) is 0 Å². The highest BCUT2D eigenvalue weighted by Gasteiger charge is 2.47. The van der Waals surface area contributed by atoms with Crippen molar-refractivity contribution < 1.29 is 14.0 Å². The fourth-order valence-corrected chi connectivity index (χ4v) is 5.52. The lowest BCUT2D eigenvalue weighted by atomic mass is 9.62. The molecular formula is C28H27FN2O2. The highest BCUT2D eigenvalue weighted by molar-refractivity contribution is 6.01. The first-order chi connectivity index (χ1) is 16.1. The summed E-state index contributed by atoms with van der Waals surface area (Å²) in [6.07, 6.45) is 1.86. The second-order valence-electron chi connectivity index (χ2n) is 9.15. The van der Waals surface area contributed by atoms with E-state index < -0.39 is 0 Å². The molecule has 0 aliphatic carbocycles. The molecule has 4 nitrogen and oxygen atoms in total. The topological polar surface area (TPSA) is 49.4 Å². The van der Waals surface area contributed by atoms with Crippen molar-refractivity contribution >= 4 is 11.8 Å². The van der Waals surface area contributed by atoms with Crippen molar-refractivity contribution in [2.75, 3.05) is 19.6 Å². The van der Waals surface area contributed by atoms with Crippen molar-refractivity contribution in [3.05, 3.63) is 95.8 Å². The highest BCUT2D eigenvalue weighted by atomic mass is 19.1. The standard InChI is InChI=1S/C28H27FN2O2/c29-22-10-6-9-21(17-22)25-19-30-26(32)18-28(25)13-15-31(16-14-28)27(33)24-12-5-4-11-23(24)20-7-2-1-3-8-20/h1-12,17,25H,13-16,18-19H2,(H,30,32). The third kappa shape index (κ3) is 4.15. The normalized spacial score (nSPS) is 19.8. The molecule has 0 bridgehead atoms. The summed E-state index contributed by atoms with van der Waals surface area (Å²) >= 11 is 0. The van der Waals surface area contributed by atoms with Crippen LogP contribution >= 0.6 is 0 Å². The lowest BCUT2D eigenvalue weighted by molar-refractivity contribution is -0.127. The number of likely N-dealkylation sites (tertiary alicyclic amines) is 1. The zero-order valence-electron chi connectivity index (χ0n) is 18.5. The molecule has 1 atom stereocenters. The number of hydrogen-bond acceptors (Lipinski definition) is 2. The summed E-state index contributed by atoms with van der Waals surface area (Å²) in [5, 5.41) is 2.97. The minimum atomic E-state index is -0.260. The van der Waals surface area contributed by atoms with Crippen LogP contribution in [0, 0.1) is 11.2 Å². The van der Waals surface area contributed by atoms with E-state index in [2.05, 4.69) is 5.32 Å². The Labute approximate surface area is 193 Å². The zero-order chi connectivity index (χ0) is 22.8. The maximum atomic E-state index is 13.9. The van der Waals surface area contributed by atoms with Crippen molar-refractivity contribution in [3.8, 4) is 11.1 Å². The predicted octanol–water partition coefficient (Wildman–Crippen LogP) is 5.02. The van der Waals surface area contributed by atoms with Gasteiger partial charge in [0.2, 0.25) is 5.91 Å². The van der Waals surface area contributed by atoms with Crippen LogP contribution in [0.5, 0.6) is 0 Å². The van der Waals surface area contributed by atoms with Crippen LogP contribution in [0.4, 0.5) is 4.39 Å². The second-order valence-corrected chi connectivity index (χ2v) is 9.15. The van der Waals surface area contributed by atoms with Crippen LogP contribution in [0.2, 0.25) is 0 Å². The van der Waals surface area contributed by atoms with Crippen LogP contribution in [0.15, 0.2) is 78.9 Å². The van der Waals surface area contributed by atoms with Gasteiger partial charge in [-0.1, -0.05) is 60.7 Å². The predicted molar refractivity (Wildman–Crippen MR) is 126 cm³/mol. The smallest absolute Gasteiger partial charge is 0.254 e. The summed E-state index contributed by atoms with van der Waals surface area (Å²) in [6.45, 7) is 1.68. The average Bonchev–Trinajstić information content (AvgIpc) is 2.85.